The first-order valence-electron chi connectivity index (χ1n) is 9.96. The fourth-order valence-corrected chi connectivity index (χ4v) is 3.75. The molecule has 8 nitrogen and oxygen atoms in total. The van der Waals surface area contributed by atoms with Crippen LogP contribution in [-0.2, 0) is 28.2 Å². The van der Waals surface area contributed by atoms with Crippen LogP contribution in [0.4, 0.5) is 0 Å². The average Bonchev–Trinajstić information content (AvgIpc) is 3.02. The molecule has 0 radical (unpaired) electrons. The molecule has 0 unspecified atom stereocenters. The standard InChI is InChI=1S/C19H34N2O6Si/c1-8-9-10-20-12-21-14(11-23-28(5,6)7)15-16(24-13(2)22)17-18(25-15)27-19(3,4)26-17/h14-18H,8-11H2,1-7H3/t14-,15-,16+,17-,18-/m1/s1. The number of aliphatic imine (C=N–C) groups is 2. The molecule has 5 atom stereocenters. The third-order valence-electron chi connectivity index (χ3n) is 4.31. The fraction of sp³-hybridized carbons (Fsp3) is 0.895. The van der Waals surface area contributed by atoms with Gasteiger partial charge in [0.2, 0.25) is 0 Å². The van der Waals surface area contributed by atoms with Crippen molar-refractivity contribution in [2.45, 2.75) is 96.6 Å². The van der Waals surface area contributed by atoms with Crippen molar-refractivity contribution in [1.82, 2.24) is 0 Å². The summed E-state index contributed by atoms with van der Waals surface area (Å²) >= 11 is 0. The molecule has 2 rings (SSSR count). The number of nitrogens with zero attached hydrogens (tertiary/aromatic N) is 2. The number of rotatable bonds is 9. The normalized spacial score (nSPS) is 29.7. The number of carbonyl (C=O) groups excluding carboxylic acids is 1. The van der Waals surface area contributed by atoms with Crippen LogP contribution >= 0.6 is 0 Å². The Labute approximate surface area is 168 Å². The van der Waals surface area contributed by atoms with E-state index in [4.69, 9.17) is 23.4 Å². The molecular formula is C19H34N2O6Si. The molecule has 0 amide bonds. The Kier molecular flexibility index (Phi) is 7.95. The first-order valence-corrected chi connectivity index (χ1v) is 13.4. The van der Waals surface area contributed by atoms with Crippen LogP contribution in [0.15, 0.2) is 9.98 Å². The van der Waals surface area contributed by atoms with Crippen LogP contribution in [0.3, 0.4) is 0 Å². The summed E-state index contributed by atoms with van der Waals surface area (Å²) in [6.07, 6.45) is -0.283. The molecular weight excluding hydrogens is 380 g/mol. The summed E-state index contributed by atoms with van der Waals surface area (Å²) in [7, 11) is -1.78. The zero-order valence-corrected chi connectivity index (χ0v) is 19.1. The largest absolute Gasteiger partial charge is 0.457 e. The van der Waals surface area contributed by atoms with Gasteiger partial charge in [-0.3, -0.25) is 4.79 Å². The molecule has 2 fully saturated rings. The highest BCUT2D eigenvalue weighted by atomic mass is 28.4. The van der Waals surface area contributed by atoms with Crippen LogP contribution in [0.5, 0.6) is 0 Å². The topological polar surface area (TPSA) is 87.9 Å². The number of esters is 1. The third-order valence-corrected chi connectivity index (χ3v) is 5.35. The van der Waals surface area contributed by atoms with Crippen molar-refractivity contribution >= 4 is 20.3 Å². The minimum atomic E-state index is -1.78. The van der Waals surface area contributed by atoms with E-state index in [-0.39, 0.29) is 0 Å². The van der Waals surface area contributed by atoms with Gasteiger partial charge in [-0.15, -0.1) is 0 Å². The minimum Gasteiger partial charge on any atom is -0.457 e. The first-order chi connectivity index (χ1) is 13.0. The number of fused-ring (bicyclic) bond motifs is 1. The molecule has 0 spiro atoms. The van der Waals surface area contributed by atoms with E-state index in [0.29, 0.717) is 13.2 Å². The van der Waals surface area contributed by atoms with E-state index in [1.165, 1.54) is 6.92 Å². The molecule has 2 aliphatic heterocycles. The van der Waals surface area contributed by atoms with Crippen LogP contribution in [0.2, 0.25) is 19.6 Å². The average molecular weight is 415 g/mol. The van der Waals surface area contributed by atoms with Crippen molar-refractivity contribution < 1.29 is 28.2 Å². The molecule has 0 aliphatic carbocycles. The summed E-state index contributed by atoms with van der Waals surface area (Å²) in [4.78, 5) is 20.4. The van der Waals surface area contributed by atoms with E-state index in [1.54, 1.807) is 13.8 Å². The monoisotopic (exact) mass is 414 g/mol. The molecule has 2 aliphatic rings. The van der Waals surface area contributed by atoms with Crippen LogP contribution < -0.4 is 0 Å². The van der Waals surface area contributed by atoms with Crippen molar-refractivity contribution in [3.63, 3.8) is 0 Å². The van der Waals surface area contributed by atoms with Crippen LogP contribution in [-0.4, -0.2) is 69.9 Å². The van der Waals surface area contributed by atoms with Gasteiger partial charge >= 0.3 is 5.97 Å². The summed E-state index contributed by atoms with van der Waals surface area (Å²) in [5.41, 5.74) is 0. The lowest BCUT2D eigenvalue weighted by Crippen LogP contribution is -2.45. The molecule has 28 heavy (non-hydrogen) atoms. The number of ether oxygens (including phenoxy) is 4. The maximum Gasteiger partial charge on any atom is 0.303 e. The molecule has 0 saturated carbocycles. The third kappa shape index (κ3) is 6.75. The summed E-state index contributed by atoms with van der Waals surface area (Å²) in [6, 6.07) is 2.34. The predicted molar refractivity (Wildman–Crippen MR) is 107 cm³/mol. The molecule has 0 aromatic carbocycles. The van der Waals surface area contributed by atoms with Gasteiger partial charge in [-0.2, -0.15) is 0 Å². The molecule has 0 N–H and O–H groups in total. The van der Waals surface area contributed by atoms with Crippen molar-refractivity contribution in [3.8, 4) is 0 Å². The van der Waals surface area contributed by atoms with Crippen molar-refractivity contribution in [1.29, 1.82) is 0 Å². The Hall–Kier alpha value is -1.09. The van der Waals surface area contributed by atoms with Crippen molar-refractivity contribution in [2.24, 2.45) is 9.98 Å². The SMILES string of the molecule is CCCCN=C=N[C@H](CO[Si](C)(C)C)[C@H]1O[C@@H]2OC(C)(C)O[C@@H]2[C@H]1OC(C)=O. The summed E-state index contributed by atoms with van der Waals surface area (Å²) in [5, 5.41) is 0. The number of carbonyl (C=O) groups is 1. The summed E-state index contributed by atoms with van der Waals surface area (Å²) in [6.45, 7) is 14.4. The number of hydrogen-bond donors (Lipinski definition) is 0. The second kappa shape index (κ2) is 9.60. The Morgan fingerprint density at radius 3 is 2.61 bits per heavy atom. The Bertz CT molecular complexity index is 600. The van der Waals surface area contributed by atoms with E-state index in [9.17, 15) is 4.79 Å². The van der Waals surface area contributed by atoms with Gasteiger partial charge in [-0.25, -0.2) is 9.98 Å². The van der Waals surface area contributed by atoms with E-state index in [1.807, 2.05) is 0 Å². The van der Waals surface area contributed by atoms with E-state index >= 15 is 0 Å². The molecule has 0 bridgehead atoms. The van der Waals surface area contributed by atoms with Gasteiger partial charge in [0, 0.05) is 13.5 Å². The van der Waals surface area contributed by atoms with E-state index < -0.39 is 50.7 Å². The van der Waals surface area contributed by atoms with E-state index in [2.05, 4.69) is 42.6 Å². The molecule has 0 aromatic rings. The number of hydrogen-bond acceptors (Lipinski definition) is 8. The van der Waals surface area contributed by atoms with Crippen LogP contribution in [0.25, 0.3) is 0 Å². The highest BCUT2D eigenvalue weighted by molar-refractivity contribution is 6.69. The van der Waals surface area contributed by atoms with Crippen LogP contribution in [0, 0.1) is 0 Å². The summed E-state index contributed by atoms with van der Waals surface area (Å²) in [5.74, 6) is -1.20. The molecule has 9 heteroatoms. The zero-order valence-electron chi connectivity index (χ0n) is 18.1. The van der Waals surface area contributed by atoms with Gasteiger partial charge in [0.1, 0.15) is 12.1 Å². The van der Waals surface area contributed by atoms with Gasteiger partial charge in [-0.1, -0.05) is 13.3 Å². The minimum absolute atomic E-state index is 0.331. The second-order valence-corrected chi connectivity index (χ2v) is 13.1. The van der Waals surface area contributed by atoms with Crippen molar-refractivity contribution in [2.75, 3.05) is 13.2 Å². The second-order valence-electron chi connectivity index (χ2n) is 8.60. The van der Waals surface area contributed by atoms with Gasteiger partial charge in [-0.05, 0) is 39.9 Å². The van der Waals surface area contributed by atoms with Gasteiger partial charge < -0.3 is 23.4 Å². The quantitative estimate of drug-likeness (QED) is 0.249. The molecule has 0 aromatic heterocycles. The van der Waals surface area contributed by atoms with Gasteiger partial charge in [0.25, 0.3) is 0 Å². The highest BCUT2D eigenvalue weighted by Crippen LogP contribution is 2.40. The highest BCUT2D eigenvalue weighted by Gasteiger charge is 2.58. The molecule has 160 valence electrons. The lowest BCUT2D eigenvalue weighted by Gasteiger charge is -2.29. The fourth-order valence-electron chi connectivity index (χ4n) is 3.08. The maximum atomic E-state index is 11.7. The molecule has 2 heterocycles. The Morgan fingerprint density at radius 2 is 2.00 bits per heavy atom. The van der Waals surface area contributed by atoms with E-state index in [0.717, 1.165) is 12.8 Å². The smallest absolute Gasteiger partial charge is 0.303 e. The number of unbranched alkanes of at least 4 members (excludes halogenated alkanes) is 1. The maximum absolute atomic E-state index is 11.7. The predicted octanol–water partition coefficient (Wildman–Crippen LogP) is 2.99. The lowest BCUT2D eigenvalue weighted by atomic mass is 10.0. The lowest BCUT2D eigenvalue weighted by molar-refractivity contribution is -0.221. The van der Waals surface area contributed by atoms with Gasteiger partial charge in [0.15, 0.2) is 32.6 Å². The first kappa shape index (κ1) is 23.2. The molecule has 2 saturated heterocycles. The Balaban J connectivity index is 2.20. The summed E-state index contributed by atoms with van der Waals surface area (Å²) < 4.78 is 29.4. The van der Waals surface area contributed by atoms with Crippen LogP contribution in [0.1, 0.15) is 40.5 Å². The Morgan fingerprint density at radius 1 is 1.29 bits per heavy atom. The van der Waals surface area contributed by atoms with Crippen molar-refractivity contribution in [3.05, 3.63) is 0 Å². The zero-order chi connectivity index (χ0) is 20.9. The van der Waals surface area contributed by atoms with Gasteiger partial charge in [0.05, 0.1) is 12.6 Å².